The topological polar surface area (TPSA) is 45.2 Å². The number of rotatable bonds is 6. The third-order valence-corrected chi connectivity index (χ3v) is 3.53. The van der Waals surface area contributed by atoms with Crippen molar-refractivity contribution in [1.29, 1.82) is 0 Å². The predicted molar refractivity (Wildman–Crippen MR) is 76.1 cm³/mol. The summed E-state index contributed by atoms with van der Waals surface area (Å²) in [5.41, 5.74) is 0.499. The predicted octanol–water partition coefficient (Wildman–Crippen LogP) is 2.08. The number of carbonyl (C=O) groups excluding carboxylic acids is 1. The van der Waals surface area contributed by atoms with E-state index in [4.69, 9.17) is 0 Å². The molecule has 1 aliphatic heterocycles. The molecule has 1 amide bonds. The number of unbranched alkanes of at least 4 members (excludes halogenated alkanes) is 1. The van der Waals surface area contributed by atoms with Crippen LogP contribution in [-0.4, -0.2) is 42.0 Å². The Morgan fingerprint density at radius 3 is 2.79 bits per heavy atom. The van der Waals surface area contributed by atoms with Gasteiger partial charge < -0.3 is 10.2 Å². The fourth-order valence-corrected chi connectivity index (χ4v) is 2.43. The van der Waals surface area contributed by atoms with Crippen LogP contribution in [-0.2, 0) is 0 Å². The molecule has 104 valence electrons. The molecule has 19 heavy (non-hydrogen) atoms. The van der Waals surface area contributed by atoms with E-state index >= 15 is 0 Å². The van der Waals surface area contributed by atoms with E-state index in [1.807, 2.05) is 12.1 Å². The highest BCUT2D eigenvalue weighted by atomic mass is 16.1. The van der Waals surface area contributed by atoms with Crippen molar-refractivity contribution in [2.45, 2.75) is 32.1 Å². The van der Waals surface area contributed by atoms with Crippen LogP contribution in [0.25, 0.3) is 0 Å². The van der Waals surface area contributed by atoms with E-state index in [2.05, 4.69) is 15.2 Å². The molecule has 2 heterocycles. The second-order valence-corrected chi connectivity index (χ2v) is 5.08. The molecule has 0 spiro atoms. The summed E-state index contributed by atoms with van der Waals surface area (Å²) in [5.74, 6) is -0.0708. The van der Waals surface area contributed by atoms with Crippen LogP contribution >= 0.6 is 0 Å². The lowest BCUT2D eigenvalue weighted by Crippen LogP contribution is -2.31. The summed E-state index contributed by atoms with van der Waals surface area (Å²) in [6.45, 7) is 4.41. The highest BCUT2D eigenvalue weighted by Crippen LogP contribution is 2.09. The van der Waals surface area contributed by atoms with Gasteiger partial charge in [-0.3, -0.25) is 9.78 Å². The molecule has 4 nitrogen and oxygen atoms in total. The Hall–Kier alpha value is -1.42. The Morgan fingerprint density at radius 1 is 1.21 bits per heavy atom. The minimum absolute atomic E-state index is 0.0708. The molecular formula is C15H23N3O. The number of hydrogen-bond donors (Lipinski definition) is 1. The molecule has 0 aromatic carbocycles. The molecule has 2 rings (SSSR count). The van der Waals surface area contributed by atoms with Crippen molar-refractivity contribution < 1.29 is 4.79 Å². The van der Waals surface area contributed by atoms with E-state index in [9.17, 15) is 4.79 Å². The zero-order valence-electron chi connectivity index (χ0n) is 11.5. The smallest absolute Gasteiger partial charge is 0.269 e. The molecule has 0 saturated carbocycles. The minimum atomic E-state index is -0.0708. The van der Waals surface area contributed by atoms with Crippen molar-refractivity contribution in [2.75, 3.05) is 26.2 Å². The summed E-state index contributed by atoms with van der Waals surface area (Å²) in [6.07, 6.45) is 7.91. The normalized spacial score (nSPS) is 16.2. The first kappa shape index (κ1) is 14.0. The average molecular weight is 261 g/mol. The van der Waals surface area contributed by atoms with E-state index < -0.39 is 0 Å². The summed E-state index contributed by atoms with van der Waals surface area (Å²) in [5, 5.41) is 2.92. The SMILES string of the molecule is O=C(NCCCCN1CCCCC1)c1ccccn1. The van der Waals surface area contributed by atoms with E-state index in [1.165, 1.54) is 38.9 Å². The quantitative estimate of drug-likeness (QED) is 0.797. The van der Waals surface area contributed by atoms with Gasteiger partial charge in [-0.25, -0.2) is 0 Å². The van der Waals surface area contributed by atoms with Gasteiger partial charge in [0.25, 0.3) is 5.91 Å². The standard InChI is InChI=1S/C15H23N3O/c19-15(14-8-2-3-9-16-14)17-10-4-7-13-18-11-5-1-6-12-18/h2-3,8-9H,1,4-7,10-13H2,(H,17,19). The summed E-state index contributed by atoms with van der Waals surface area (Å²) in [6, 6.07) is 5.39. The Labute approximate surface area is 115 Å². The number of hydrogen-bond acceptors (Lipinski definition) is 3. The van der Waals surface area contributed by atoms with Crippen molar-refractivity contribution in [2.24, 2.45) is 0 Å². The van der Waals surface area contributed by atoms with Gasteiger partial charge in [0.05, 0.1) is 0 Å². The number of piperidine rings is 1. The van der Waals surface area contributed by atoms with E-state index in [0.29, 0.717) is 5.69 Å². The number of nitrogens with one attached hydrogen (secondary N) is 1. The first-order valence-electron chi connectivity index (χ1n) is 7.28. The zero-order chi connectivity index (χ0) is 13.3. The fourth-order valence-electron chi connectivity index (χ4n) is 2.43. The molecule has 0 aliphatic carbocycles. The maximum absolute atomic E-state index is 11.7. The molecule has 1 saturated heterocycles. The molecule has 0 unspecified atom stereocenters. The first-order valence-corrected chi connectivity index (χ1v) is 7.28. The Balaban J connectivity index is 1.55. The molecule has 4 heteroatoms. The van der Waals surface area contributed by atoms with Crippen LogP contribution in [0.4, 0.5) is 0 Å². The molecule has 1 fully saturated rings. The van der Waals surface area contributed by atoms with Gasteiger partial charge in [-0.05, 0) is 57.5 Å². The Bertz CT molecular complexity index is 374. The summed E-state index contributed by atoms with van der Waals surface area (Å²) < 4.78 is 0. The highest BCUT2D eigenvalue weighted by molar-refractivity contribution is 5.92. The van der Waals surface area contributed by atoms with Crippen molar-refractivity contribution in [3.63, 3.8) is 0 Å². The first-order chi connectivity index (χ1) is 9.36. The largest absolute Gasteiger partial charge is 0.351 e. The van der Waals surface area contributed by atoms with Crippen molar-refractivity contribution in [3.8, 4) is 0 Å². The molecule has 1 aromatic rings. The van der Waals surface area contributed by atoms with E-state index in [0.717, 1.165) is 19.4 Å². The minimum Gasteiger partial charge on any atom is -0.351 e. The number of carbonyl (C=O) groups is 1. The molecule has 0 bridgehead atoms. The third-order valence-electron chi connectivity index (χ3n) is 3.53. The van der Waals surface area contributed by atoms with Crippen LogP contribution < -0.4 is 5.32 Å². The molecule has 0 radical (unpaired) electrons. The lowest BCUT2D eigenvalue weighted by Gasteiger charge is -2.26. The van der Waals surface area contributed by atoms with Crippen LogP contribution in [0.3, 0.4) is 0 Å². The number of aromatic nitrogens is 1. The number of nitrogens with zero attached hydrogens (tertiary/aromatic N) is 2. The van der Waals surface area contributed by atoms with Gasteiger partial charge in [0.1, 0.15) is 5.69 Å². The second kappa shape index (κ2) is 7.89. The summed E-state index contributed by atoms with van der Waals surface area (Å²) in [7, 11) is 0. The molecule has 1 aliphatic rings. The van der Waals surface area contributed by atoms with Gasteiger partial charge in [-0.2, -0.15) is 0 Å². The number of amides is 1. The molecule has 1 N–H and O–H groups in total. The monoisotopic (exact) mass is 261 g/mol. The number of likely N-dealkylation sites (tertiary alicyclic amines) is 1. The molecule has 1 aromatic heterocycles. The van der Waals surface area contributed by atoms with Crippen LogP contribution in [0.5, 0.6) is 0 Å². The molecule has 0 atom stereocenters. The van der Waals surface area contributed by atoms with Crippen molar-refractivity contribution in [1.82, 2.24) is 15.2 Å². The van der Waals surface area contributed by atoms with Crippen LogP contribution in [0.15, 0.2) is 24.4 Å². The van der Waals surface area contributed by atoms with E-state index in [-0.39, 0.29) is 5.91 Å². The van der Waals surface area contributed by atoms with Gasteiger partial charge >= 0.3 is 0 Å². The Kier molecular flexibility index (Phi) is 5.82. The molecular weight excluding hydrogens is 238 g/mol. The third kappa shape index (κ3) is 4.99. The Morgan fingerprint density at radius 2 is 2.05 bits per heavy atom. The lowest BCUT2D eigenvalue weighted by molar-refractivity contribution is 0.0947. The van der Waals surface area contributed by atoms with Gasteiger partial charge in [-0.15, -0.1) is 0 Å². The van der Waals surface area contributed by atoms with Crippen LogP contribution in [0.2, 0.25) is 0 Å². The highest BCUT2D eigenvalue weighted by Gasteiger charge is 2.09. The number of pyridine rings is 1. The van der Waals surface area contributed by atoms with Gasteiger partial charge in [0.2, 0.25) is 0 Å². The van der Waals surface area contributed by atoms with Gasteiger partial charge in [0.15, 0.2) is 0 Å². The second-order valence-electron chi connectivity index (χ2n) is 5.08. The zero-order valence-corrected chi connectivity index (χ0v) is 11.5. The van der Waals surface area contributed by atoms with E-state index in [1.54, 1.807) is 12.3 Å². The summed E-state index contributed by atoms with van der Waals surface area (Å²) in [4.78, 5) is 18.3. The van der Waals surface area contributed by atoms with Crippen LogP contribution in [0, 0.1) is 0 Å². The fraction of sp³-hybridized carbons (Fsp3) is 0.600. The van der Waals surface area contributed by atoms with Crippen molar-refractivity contribution in [3.05, 3.63) is 30.1 Å². The maximum Gasteiger partial charge on any atom is 0.269 e. The lowest BCUT2D eigenvalue weighted by atomic mass is 10.1. The van der Waals surface area contributed by atoms with Gasteiger partial charge in [-0.1, -0.05) is 12.5 Å². The maximum atomic E-state index is 11.7. The van der Waals surface area contributed by atoms with Crippen LogP contribution in [0.1, 0.15) is 42.6 Å². The van der Waals surface area contributed by atoms with Crippen molar-refractivity contribution >= 4 is 5.91 Å². The summed E-state index contributed by atoms with van der Waals surface area (Å²) >= 11 is 0. The van der Waals surface area contributed by atoms with Gasteiger partial charge in [0, 0.05) is 12.7 Å². The average Bonchev–Trinajstić information content (AvgIpc) is 2.49.